The van der Waals surface area contributed by atoms with Crippen LogP contribution < -0.4 is 4.90 Å². The third-order valence-corrected chi connectivity index (χ3v) is 4.17. The minimum absolute atomic E-state index is 0.192. The lowest BCUT2D eigenvalue weighted by Gasteiger charge is -2.30. The highest BCUT2D eigenvalue weighted by Gasteiger charge is 2.19. The van der Waals surface area contributed by atoms with E-state index in [0.717, 1.165) is 29.0 Å². The van der Waals surface area contributed by atoms with E-state index in [2.05, 4.69) is 16.8 Å². The van der Waals surface area contributed by atoms with Crippen LogP contribution in [-0.2, 0) is 11.2 Å². The number of thiazole rings is 1. The number of hydrogen-bond donors (Lipinski definition) is 1. The van der Waals surface area contributed by atoms with E-state index in [0.29, 0.717) is 6.42 Å². The molecule has 5 heteroatoms. The molecule has 0 aromatic carbocycles. The van der Waals surface area contributed by atoms with E-state index in [1.165, 1.54) is 12.8 Å². The molecule has 0 aliphatic carbocycles. The summed E-state index contributed by atoms with van der Waals surface area (Å²) in [6.45, 7) is 4.42. The van der Waals surface area contributed by atoms with Gasteiger partial charge in [-0.05, 0) is 25.2 Å². The van der Waals surface area contributed by atoms with Gasteiger partial charge in [-0.2, -0.15) is 0 Å². The fourth-order valence-corrected chi connectivity index (χ4v) is 3.10. The van der Waals surface area contributed by atoms with Crippen molar-refractivity contribution in [1.29, 1.82) is 0 Å². The molecule has 0 spiro atoms. The molecule has 1 aliphatic rings. The Balaban J connectivity index is 1.95. The second-order valence-corrected chi connectivity index (χ2v) is 5.79. The Hall–Kier alpha value is -1.10. The van der Waals surface area contributed by atoms with Crippen LogP contribution in [-0.4, -0.2) is 29.1 Å². The molecule has 17 heavy (non-hydrogen) atoms. The summed E-state index contributed by atoms with van der Waals surface area (Å²) < 4.78 is 0. The predicted octanol–water partition coefficient (Wildman–Crippen LogP) is 2.40. The van der Waals surface area contributed by atoms with Crippen LogP contribution in [0.5, 0.6) is 0 Å². The number of carboxylic acid groups (broad SMARTS) is 1. The number of carbonyl (C=O) groups is 1. The van der Waals surface area contributed by atoms with Crippen molar-refractivity contribution < 1.29 is 9.90 Å². The van der Waals surface area contributed by atoms with Gasteiger partial charge in [0, 0.05) is 24.2 Å². The van der Waals surface area contributed by atoms with Crippen LogP contribution in [0, 0.1) is 5.92 Å². The predicted molar refractivity (Wildman–Crippen MR) is 68.7 cm³/mol. The van der Waals surface area contributed by atoms with E-state index in [4.69, 9.17) is 5.11 Å². The first-order valence-corrected chi connectivity index (χ1v) is 6.88. The maximum absolute atomic E-state index is 10.5. The number of aliphatic carboxylic acids is 1. The Kier molecular flexibility index (Phi) is 3.99. The lowest BCUT2D eigenvalue weighted by Crippen LogP contribution is -2.34. The minimum Gasteiger partial charge on any atom is -0.481 e. The van der Waals surface area contributed by atoms with Crippen molar-refractivity contribution in [2.75, 3.05) is 18.0 Å². The number of rotatable bonds is 4. The molecule has 0 amide bonds. The van der Waals surface area contributed by atoms with Gasteiger partial charge in [-0.25, -0.2) is 4.98 Å². The summed E-state index contributed by atoms with van der Waals surface area (Å²) in [5, 5.41) is 9.69. The third kappa shape index (κ3) is 3.43. The van der Waals surface area contributed by atoms with Crippen molar-refractivity contribution >= 4 is 22.4 Å². The molecule has 0 bridgehead atoms. The Morgan fingerprint density at radius 3 is 3.24 bits per heavy atom. The standard InChI is InChI=1S/C12H18N2O2S/c1-9-3-2-6-14(8-9)12-13-7-10(17-12)4-5-11(15)16/h7,9H,2-6,8H2,1H3,(H,15,16). The molecule has 1 fully saturated rings. The Labute approximate surface area is 105 Å². The molecule has 1 saturated heterocycles. The van der Waals surface area contributed by atoms with Gasteiger partial charge >= 0.3 is 5.97 Å². The van der Waals surface area contributed by atoms with Crippen molar-refractivity contribution in [2.24, 2.45) is 5.92 Å². The largest absolute Gasteiger partial charge is 0.481 e. The molecule has 2 rings (SSSR count). The van der Waals surface area contributed by atoms with Gasteiger partial charge < -0.3 is 10.0 Å². The molecule has 1 unspecified atom stereocenters. The molecule has 1 aromatic heterocycles. The van der Waals surface area contributed by atoms with E-state index in [-0.39, 0.29) is 6.42 Å². The second kappa shape index (κ2) is 5.49. The van der Waals surface area contributed by atoms with Gasteiger partial charge in [-0.15, -0.1) is 11.3 Å². The van der Waals surface area contributed by atoms with Crippen LogP contribution in [0.25, 0.3) is 0 Å². The van der Waals surface area contributed by atoms with Gasteiger partial charge in [0.2, 0.25) is 0 Å². The van der Waals surface area contributed by atoms with Crippen molar-refractivity contribution in [1.82, 2.24) is 4.98 Å². The van der Waals surface area contributed by atoms with Gasteiger partial charge in [0.15, 0.2) is 5.13 Å². The first-order chi connectivity index (χ1) is 8.15. The molecule has 1 aliphatic heterocycles. The highest BCUT2D eigenvalue weighted by atomic mass is 32.1. The number of aryl methyl sites for hydroxylation is 1. The highest BCUT2D eigenvalue weighted by molar-refractivity contribution is 7.15. The van der Waals surface area contributed by atoms with Crippen LogP contribution >= 0.6 is 11.3 Å². The first kappa shape index (κ1) is 12.4. The van der Waals surface area contributed by atoms with E-state index < -0.39 is 5.97 Å². The van der Waals surface area contributed by atoms with Crippen LogP contribution in [0.3, 0.4) is 0 Å². The summed E-state index contributed by atoms with van der Waals surface area (Å²) in [6, 6.07) is 0. The zero-order chi connectivity index (χ0) is 12.3. The summed E-state index contributed by atoms with van der Waals surface area (Å²) in [5.41, 5.74) is 0. The lowest BCUT2D eigenvalue weighted by molar-refractivity contribution is -0.136. The summed E-state index contributed by atoms with van der Waals surface area (Å²) in [6.07, 6.45) is 5.13. The monoisotopic (exact) mass is 254 g/mol. The molecule has 4 nitrogen and oxygen atoms in total. The van der Waals surface area contributed by atoms with E-state index in [1.807, 2.05) is 6.20 Å². The maximum Gasteiger partial charge on any atom is 0.303 e. The highest BCUT2D eigenvalue weighted by Crippen LogP contribution is 2.27. The van der Waals surface area contributed by atoms with E-state index in [9.17, 15) is 4.79 Å². The zero-order valence-corrected chi connectivity index (χ0v) is 10.9. The molecule has 1 aromatic rings. The first-order valence-electron chi connectivity index (χ1n) is 6.06. The average molecular weight is 254 g/mol. The van der Waals surface area contributed by atoms with Gasteiger partial charge in [-0.3, -0.25) is 4.79 Å². The van der Waals surface area contributed by atoms with Crippen molar-refractivity contribution in [3.8, 4) is 0 Å². The van der Waals surface area contributed by atoms with Gasteiger partial charge in [-0.1, -0.05) is 6.92 Å². The molecule has 0 saturated carbocycles. The molecule has 1 atom stereocenters. The average Bonchev–Trinajstić information content (AvgIpc) is 2.75. The normalized spacial score (nSPS) is 20.5. The van der Waals surface area contributed by atoms with Crippen LogP contribution in [0.15, 0.2) is 6.20 Å². The third-order valence-electron chi connectivity index (χ3n) is 3.05. The van der Waals surface area contributed by atoms with Gasteiger partial charge in [0.25, 0.3) is 0 Å². The smallest absolute Gasteiger partial charge is 0.303 e. The second-order valence-electron chi connectivity index (χ2n) is 4.70. The number of carboxylic acids is 1. The molecular weight excluding hydrogens is 236 g/mol. The molecule has 0 radical (unpaired) electrons. The fourth-order valence-electron chi connectivity index (χ4n) is 2.15. The Morgan fingerprint density at radius 2 is 2.53 bits per heavy atom. The summed E-state index contributed by atoms with van der Waals surface area (Å²) >= 11 is 1.63. The van der Waals surface area contributed by atoms with Crippen molar-refractivity contribution in [3.63, 3.8) is 0 Å². The number of piperidine rings is 1. The summed E-state index contributed by atoms with van der Waals surface area (Å²) in [5.74, 6) is -0.0123. The number of nitrogens with zero attached hydrogens (tertiary/aromatic N) is 2. The Morgan fingerprint density at radius 1 is 1.71 bits per heavy atom. The Bertz CT molecular complexity index is 392. The molecular formula is C12H18N2O2S. The molecule has 2 heterocycles. The number of aromatic nitrogens is 1. The van der Waals surface area contributed by atoms with E-state index >= 15 is 0 Å². The van der Waals surface area contributed by atoms with Crippen molar-refractivity contribution in [3.05, 3.63) is 11.1 Å². The molecule has 94 valence electrons. The summed E-state index contributed by atoms with van der Waals surface area (Å²) in [4.78, 5) is 18.3. The minimum atomic E-state index is -0.744. The van der Waals surface area contributed by atoms with Crippen LogP contribution in [0.4, 0.5) is 5.13 Å². The molecule has 1 N–H and O–H groups in total. The quantitative estimate of drug-likeness (QED) is 0.896. The van der Waals surface area contributed by atoms with Crippen LogP contribution in [0.2, 0.25) is 0 Å². The van der Waals surface area contributed by atoms with Gasteiger partial charge in [0.1, 0.15) is 0 Å². The zero-order valence-electron chi connectivity index (χ0n) is 10.1. The number of anilines is 1. The van der Waals surface area contributed by atoms with E-state index in [1.54, 1.807) is 11.3 Å². The van der Waals surface area contributed by atoms with Crippen LogP contribution in [0.1, 0.15) is 31.1 Å². The van der Waals surface area contributed by atoms with Gasteiger partial charge in [0.05, 0.1) is 6.42 Å². The maximum atomic E-state index is 10.5. The summed E-state index contributed by atoms with van der Waals surface area (Å²) in [7, 11) is 0. The number of hydrogen-bond acceptors (Lipinski definition) is 4. The lowest BCUT2D eigenvalue weighted by atomic mass is 10.0. The fraction of sp³-hybridized carbons (Fsp3) is 0.667. The topological polar surface area (TPSA) is 53.4 Å². The van der Waals surface area contributed by atoms with Crippen molar-refractivity contribution in [2.45, 2.75) is 32.6 Å². The SMILES string of the molecule is CC1CCCN(c2ncc(CCC(=O)O)s2)C1.